The Kier molecular flexibility index (Phi) is 4.98. The average molecular weight is 329 g/mol. The minimum atomic E-state index is -0.263. The van der Waals surface area contributed by atoms with Gasteiger partial charge in [0.2, 0.25) is 5.91 Å². The third-order valence-electron chi connectivity index (χ3n) is 4.49. The zero-order valence-electron chi connectivity index (χ0n) is 13.6. The summed E-state index contributed by atoms with van der Waals surface area (Å²) in [5.74, 6) is 0.579. The van der Waals surface area contributed by atoms with Crippen LogP contribution >= 0.6 is 0 Å². The van der Waals surface area contributed by atoms with E-state index in [-0.39, 0.29) is 17.9 Å². The second kappa shape index (κ2) is 7.33. The third kappa shape index (κ3) is 3.84. The maximum Gasteiger partial charge on any atom is 0.317 e. The molecule has 1 aromatic carbocycles. The summed E-state index contributed by atoms with van der Waals surface area (Å²) in [6.45, 7) is 1.78. The number of nitrogens with one attached hydrogen (secondary N) is 2. The highest BCUT2D eigenvalue weighted by Crippen LogP contribution is 2.16. The maximum absolute atomic E-state index is 12.1. The van der Waals surface area contributed by atoms with Crippen molar-refractivity contribution >= 4 is 23.0 Å². The van der Waals surface area contributed by atoms with Crippen molar-refractivity contribution in [2.75, 3.05) is 19.6 Å². The number of fused-ring (bicyclic) bond motifs is 1. The minimum absolute atomic E-state index is 0.0671. The highest BCUT2D eigenvalue weighted by atomic mass is 16.2. The SMILES string of the molecule is NC(=O)C1CCN(C(=O)NCCCc2nc3ccccc3[nH]2)CC1. The van der Waals surface area contributed by atoms with Crippen LogP contribution in [0.25, 0.3) is 11.0 Å². The molecular weight excluding hydrogens is 306 g/mol. The van der Waals surface area contributed by atoms with Crippen molar-refractivity contribution in [2.24, 2.45) is 11.7 Å². The number of H-pyrrole nitrogens is 1. The van der Waals surface area contributed by atoms with Crippen molar-refractivity contribution in [2.45, 2.75) is 25.7 Å². The predicted molar refractivity (Wildman–Crippen MR) is 91.3 cm³/mol. The van der Waals surface area contributed by atoms with E-state index in [0.717, 1.165) is 29.7 Å². The van der Waals surface area contributed by atoms with E-state index in [0.29, 0.717) is 32.5 Å². The first kappa shape index (κ1) is 16.3. The Labute approximate surface area is 140 Å². The molecule has 24 heavy (non-hydrogen) atoms. The second-order valence-electron chi connectivity index (χ2n) is 6.20. The van der Waals surface area contributed by atoms with Gasteiger partial charge in [-0.25, -0.2) is 9.78 Å². The number of aromatic amines is 1. The molecular formula is C17H23N5O2. The number of carbonyl (C=O) groups is 2. The highest BCUT2D eigenvalue weighted by Gasteiger charge is 2.25. The fourth-order valence-electron chi connectivity index (χ4n) is 3.05. The number of likely N-dealkylation sites (tertiary alicyclic amines) is 1. The number of amides is 3. The first-order valence-corrected chi connectivity index (χ1v) is 8.39. The van der Waals surface area contributed by atoms with E-state index < -0.39 is 0 Å². The molecule has 7 heteroatoms. The predicted octanol–water partition coefficient (Wildman–Crippen LogP) is 1.40. The van der Waals surface area contributed by atoms with Gasteiger partial charge in [-0.15, -0.1) is 0 Å². The number of aryl methyl sites for hydroxylation is 1. The number of imidazole rings is 1. The van der Waals surface area contributed by atoms with Crippen molar-refractivity contribution in [1.29, 1.82) is 0 Å². The summed E-state index contributed by atoms with van der Waals surface area (Å²) in [6.07, 6.45) is 2.92. The fraction of sp³-hybridized carbons (Fsp3) is 0.471. The Balaban J connectivity index is 1.38. The molecule has 0 atom stereocenters. The number of primary amides is 1. The van der Waals surface area contributed by atoms with Crippen molar-refractivity contribution in [3.63, 3.8) is 0 Å². The summed E-state index contributed by atoms with van der Waals surface area (Å²) in [7, 11) is 0. The summed E-state index contributed by atoms with van der Waals surface area (Å²) < 4.78 is 0. The summed E-state index contributed by atoms with van der Waals surface area (Å²) in [6, 6.07) is 7.86. The highest BCUT2D eigenvalue weighted by molar-refractivity contribution is 5.78. The summed E-state index contributed by atoms with van der Waals surface area (Å²) in [4.78, 5) is 32.8. The quantitative estimate of drug-likeness (QED) is 0.722. The molecule has 1 aliphatic heterocycles. The average Bonchev–Trinajstić information content (AvgIpc) is 3.01. The maximum atomic E-state index is 12.1. The number of para-hydroxylation sites is 2. The summed E-state index contributed by atoms with van der Waals surface area (Å²) >= 11 is 0. The Morgan fingerprint density at radius 2 is 2.04 bits per heavy atom. The van der Waals surface area contributed by atoms with E-state index in [1.54, 1.807) is 4.90 Å². The van der Waals surface area contributed by atoms with Crippen LogP contribution in [-0.4, -0.2) is 46.4 Å². The second-order valence-corrected chi connectivity index (χ2v) is 6.20. The molecule has 1 aromatic heterocycles. The molecule has 0 spiro atoms. The fourth-order valence-corrected chi connectivity index (χ4v) is 3.05. The van der Waals surface area contributed by atoms with Crippen molar-refractivity contribution in [3.05, 3.63) is 30.1 Å². The Hall–Kier alpha value is -2.57. The number of hydrogen-bond donors (Lipinski definition) is 3. The van der Waals surface area contributed by atoms with Gasteiger partial charge in [-0.3, -0.25) is 4.79 Å². The first-order chi connectivity index (χ1) is 11.6. The number of nitrogens with two attached hydrogens (primary N) is 1. The summed E-state index contributed by atoms with van der Waals surface area (Å²) in [5.41, 5.74) is 7.31. The Morgan fingerprint density at radius 1 is 1.29 bits per heavy atom. The van der Waals surface area contributed by atoms with Crippen LogP contribution in [0.1, 0.15) is 25.1 Å². The molecule has 2 heterocycles. The lowest BCUT2D eigenvalue weighted by atomic mass is 9.96. The largest absolute Gasteiger partial charge is 0.369 e. The molecule has 2 aromatic rings. The molecule has 3 amide bonds. The molecule has 0 radical (unpaired) electrons. The molecule has 0 saturated carbocycles. The lowest BCUT2D eigenvalue weighted by Gasteiger charge is -2.30. The summed E-state index contributed by atoms with van der Waals surface area (Å²) in [5, 5.41) is 2.93. The number of hydrogen-bond acceptors (Lipinski definition) is 3. The van der Waals surface area contributed by atoms with E-state index in [4.69, 9.17) is 5.73 Å². The lowest BCUT2D eigenvalue weighted by molar-refractivity contribution is -0.123. The normalized spacial score (nSPS) is 15.6. The van der Waals surface area contributed by atoms with Gasteiger partial charge in [-0.1, -0.05) is 12.1 Å². The monoisotopic (exact) mass is 329 g/mol. The molecule has 4 N–H and O–H groups in total. The van der Waals surface area contributed by atoms with Crippen LogP contribution in [0.4, 0.5) is 4.79 Å². The molecule has 1 fully saturated rings. The lowest BCUT2D eigenvalue weighted by Crippen LogP contribution is -2.46. The van der Waals surface area contributed by atoms with Gasteiger partial charge in [0.25, 0.3) is 0 Å². The van der Waals surface area contributed by atoms with Gasteiger partial charge in [0, 0.05) is 32.0 Å². The zero-order chi connectivity index (χ0) is 16.9. The smallest absolute Gasteiger partial charge is 0.317 e. The molecule has 128 valence electrons. The van der Waals surface area contributed by atoms with Crippen molar-refractivity contribution < 1.29 is 9.59 Å². The third-order valence-corrected chi connectivity index (χ3v) is 4.49. The van der Waals surface area contributed by atoms with E-state index >= 15 is 0 Å². The number of rotatable bonds is 5. The molecule has 0 bridgehead atoms. The van der Waals surface area contributed by atoms with Crippen molar-refractivity contribution in [3.8, 4) is 0 Å². The molecule has 0 unspecified atom stereocenters. The molecule has 0 aliphatic carbocycles. The van der Waals surface area contributed by atoms with Crippen LogP contribution in [0.2, 0.25) is 0 Å². The van der Waals surface area contributed by atoms with Crippen molar-refractivity contribution in [1.82, 2.24) is 20.2 Å². The Bertz CT molecular complexity index is 686. The number of carbonyl (C=O) groups excluding carboxylic acids is 2. The standard InChI is InChI=1S/C17H23N5O2/c18-16(23)12-7-10-22(11-8-12)17(24)19-9-3-6-15-20-13-4-1-2-5-14(13)21-15/h1-2,4-5,12H,3,6-11H2,(H2,18,23)(H,19,24)(H,20,21). The topological polar surface area (TPSA) is 104 Å². The van der Waals surface area contributed by atoms with Crippen LogP contribution in [0, 0.1) is 5.92 Å². The van der Waals surface area contributed by atoms with Crippen LogP contribution in [0.5, 0.6) is 0 Å². The van der Waals surface area contributed by atoms with Crippen LogP contribution in [0.3, 0.4) is 0 Å². The number of benzene rings is 1. The van der Waals surface area contributed by atoms with Gasteiger partial charge in [-0.2, -0.15) is 0 Å². The van der Waals surface area contributed by atoms with Gasteiger partial charge in [-0.05, 0) is 31.4 Å². The number of nitrogens with zero attached hydrogens (tertiary/aromatic N) is 2. The molecule has 3 rings (SSSR count). The van der Waals surface area contributed by atoms with Gasteiger partial charge >= 0.3 is 6.03 Å². The minimum Gasteiger partial charge on any atom is -0.369 e. The van der Waals surface area contributed by atoms with Gasteiger partial charge in [0.05, 0.1) is 11.0 Å². The van der Waals surface area contributed by atoms with E-state index in [1.165, 1.54) is 0 Å². The number of urea groups is 1. The van der Waals surface area contributed by atoms with Crippen LogP contribution in [0.15, 0.2) is 24.3 Å². The van der Waals surface area contributed by atoms with Gasteiger partial charge < -0.3 is 20.9 Å². The van der Waals surface area contributed by atoms with E-state index in [2.05, 4.69) is 15.3 Å². The first-order valence-electron chi connectivity index (χ1n) is 8.39. The van der Waals surface area contributed by atoms with E-state index in [9.17, 15) is 9.59 Å². The Morgan fingerprint density at radius 3 is 2.75 bits per heavy atom. The zero-order valence-corrected chi connectivity index (χ0v) is 13.6. The van der Waals surface area contributed by atoms with E-state index in [1.807, 2.05) is 24.3 Å². The number of piperidine rings is 1. The molecule has 1 aliphatic rings. The van der Waals surface area contributed by atoms with Gasteiger partial charge in [0.15, 0.2) is 0 Å². The number of aromatic nitrogens is 2. The molecule has 1 saturated heterocycles. The van der Waals surface area contributed by atoms with Crippen LogP contribution < -0.4 is 11.1 Å². The van der Waals surface area contributed by atoms with Crippen LogP contribution in [-0.2, 0) is 11.2 Å². The molecule has 7 nitrogen and oxygen atoms in total. The van der Waals surface area contributed by atoms with Gasteiger partial charge in [0.1, 0.15) is 5.82 Å².